The van der Waals surface area contributed by atoms with Gasteiger partial charge in [-0.25, -0.2) is 4.39 Å². The molecule has 0 unspecified atom stereocenters. The van der Waals surface area contributed by atoms with Crippen LogP contribution in [0, 0.1) is 5.82 Å². The van der Waals surface area contributed by atoms with Crippen molar-refractivity contribution in [1.82, 2.24) is 0 Å². The number of halogens is 1. The van der Waals surface area contributed by atoms with Gasteiger partial charge in [-0.05, 0) is 30.3 Å². The summed E-state index contributed by atoms with van der Waals surface area (Å²) < 4.78 is 25.4. The van der Waals surface area contributed by atoms with Crippen molar-refractivity contribution < 1.29 is 13.5 Å². The van der Waals surface area contributed by atoms with E-state index in [-0.39, 0.29) is 28.2 Å². The normalized spacial score (nSPS) is 10.9. The van der Waals surface area contributed by atoms with Gasteiger partial charge in [-0.3, -0.25) is 4.79 Å². The molecule has 1 aromatic heterocycles. The molecule has 0 aliphatic rings. The highest BCUT2D eigenvalue weighted by molar-refractivity contribution is 5.82. The van der Waals surface area contributed by atoms with Crippen LogP contribution in [0.1, 0.15) is 0 Å². The van der Waals surface area contributed by atoms with Gasteiger partial charge in [0.15, 0.2) is 11.5 Å². The number of ether oxygens (including phenoxy) is 1. The minimum absolute atomic E-state index is 0.0761. The molecule has 134 valence electrons. The van der Waals surface area contributed by atoms with Gasteiger partial charge in [0.1, 0.15) is 11.4 Å². The van der Waals surface area contributed by atoms with Crippen molar-refractivity contribution in [2.45, 2.75) is 0 Å². The molecule has 0 radical (unpaired) electrons. The highest BCUT2D eigenvalue weighted by Gasteiger charge is 2.19. The number of hydrogen-bond donors (Lipinski definition) is 2. The maximum atomic E-state index is 13.7. The third kappa shape index (κ3) is 3.08. The molecule has 5 nitrogen and oxygen atoms in total. The molecular weight excluding hydrogens is 347 g/mol. The van der Waals surface area contributed by atoms with Gasteiger partial charge < -0.3 is 20.6 Å². The van der Waals surface area contributed by atoms with Gasteiger partial charge in [-0.2, -0.15) is 0 Å². The summed E-state index contributed by atoms with van der Waals surface area (Å²) in [6, 6.07) is 17.5. The molecule has 6 heteroatoms. The SMILES string of the molecule is Nc1ccc(N)c(Oc2c(-c3ccccc3)oc3ccc(F)cc3c2=O)c1. The van der Waals surface area contributed by atoms with Gasteiger partial charge >= 0.3 is 0 Å². The second-order valence-corrected chi connectivity index (χ2v) is 6.00. The van der Waals surface area contributed by atoms with E-state index >= 15 is 0 Å². The van der Waals surface area contributed by atoms with E-state index in [0.717, 1.165) is 6.07 Å². The van der Waals surface area contributed by atoms with E-state index in [0.29, 0.717) is 16.9 Å². The lowest BCUT2D eigenvalue weighted by Gasteiger charge is -2.13. The zero-order chi connectivity index (χ0) is 19.0. The van der Waals surface area contributed by atoms with E-state index in [4.69, 9.17) is 20.6 Å². The Balaban J connectivity index is 2.00. The maximum Gasteiger partial charge on any atom is 0.236 e. The maximum absolute atomic E-state index is 13.7. The minimum Gasteiger partial charge on any atom is -0.452 e. The van der Waals surface area contributed by atoms with Crippen LogP contribution in [0.3, 0.4) is 0 Å². The molecule has 0 saturated carbocycles. The van der Waals surface area contributed by atoms with Gasteiger partial charge in [0.2, 0.25) is 11.2 Å². The third-order valence-electron chi connectivity index (χ3n) is 4.10. The smallest absolute Gasteiger partial charge is 0.236 e. The highest BCUT2D eigenvalue weighted by Crippen LogP contribution is 2.36. The minimum atomic E-state index is -0.545. The summed E-state index contributed by atoms with van der Waals surface area (Å²) in [5.41, 5.74) is 12.9. The van der Waals surface area contributed by atoms with Crippen molar-refractivity contribution in [2.24, 2.45) is 0 Å². The Bertz CT molecular complexity index is 1200. The first-order valence-electron chi connectivity index (χ1n) is 8.17. The Morgan fingerprint density at radius 2 is 1.70 bits per heavy atom. The second kappa shape index (κ2) is 6.49. The van der Waals surface area contributed by atoms with Crippen molar-refractivity contribution in [2.75, 3.05) is 11.5 Å². The molecule has 1 heterocycles. The van der Waals surface area contributed by atoms with Gasteiger partial charge in [-0.1, -0.05) is 30.3 Å². The van der Waals surface area contributed by atoms with E-state index in [1.807, 2.05) is 18.2 Å². The number of nitrogen functional groups attached to an aromatic ring is 2. The average Bonchev–Trinajstić information content (AvgIpc) is 2.67. The third-order valence-corrected chi connectivity index (χ3v) is 4.10. The summed E-state index contributed by atoms with van der Waals surface area (Å²) >= 11 is 0. The molecule has 0 aliphatic heterocycles. The first kappa shape index (κ1) is 16.7. The molecule has 4 rings (SSSR count). The van der Waals surface area contributed by atoms with E-state index in [9.17, 15) is 9.18 Å². The zero-order valence-corrected chi connectivity index (χ0v) is 14.1. The molecule has 0 spiro atoms. The van der Waals surface area contributed by atoms with Crippen LogP contribution in [-0.4, -0.2) is 0 Å². The molecule has 27 heavy (non-hydrogen) atoms. The fourth-order valence-corrected chi connectivity index (χ4v) is 2.77. The summed E-state index contributed by atoms with van der Waals surface area (Å²) in [6.45, 7) is 0. The van der Waals surface area contributed by atoms with Crippen LogP contribution in [0.4, 0.5) is 15.8 Å². The largest absolute Gasteiger partial charge is 0.452 e. The van der Waals surface area contributed by atoms with Gasteiger partial charge in [0.25, 0.3) is 0 Å². The first-order valence-corrected chi connectivity index (χ1v) is 8.17. The summed E-state index contributed by atoms with van der Waals surface area (Å²) in [5.74, 6) is -0.190. The number of hydrogen-bond acceptors (Lipinski definition) is 5. The second-order valence-electron chi connectivity index (χ2n) is 6.00. The van der Waals surface area contributed by atoms with Crippen LogP contribution >= 0.6 is 0 Å². The molecule has 0 bridgehead atoms. The van der Waals surface area contributed by atoms with Gasteiger partial charge in [-0.15, -0.1) is 0 Å². The van der Waals surface area contributed by atoms with E-state index < -0.39 is 11.2 Å². The quantitative estimate of drug-likeness (QED) is 0.522. The predicted molar refractivity (Wildman–Crippen MR) is 103 cm³/mol. The average molecular weight is 362 g/mol. The molecule has 4 aromatic rings. The number of benzene rings is 3. The van der Waals surface area contributed by atoms with Crippen molar-refractivity contribution in [1.29, 1.82) is 0 Å². The number of nitrogens with two attached hydrogens (primary N) is 2. The predicted octanol–water partition coefficient (Wildman–Crippen LogP) is 4.56. The lowest BCUT2D eigenvalue weighted by Crippen LogP contribution is -2.08. The van der Waals surface area contributed by atoms with Crippen LogP contribution in [0.25, 0.3) is 22.3 Å². The van der Waals surface area contributed by atoms with Crippen molar-refractivity contribution >= 4 is 22.3 Å². The molecular formula is C21H15FN2O3. The van der Waals surface area contributed by atoms with Gasteiger partial charge in [0.05, 0.1) is 11.1 Å². The molecule has 3 aromatic carbocycles. The standard InChI is InChI=1S/C21H15FN2O3/c22-13-6-9-17-15(10-13)19(25)21(20(26-17)12-4-2-1-3-5-12)27-18-11-14(23)7-8-16(18)24/h1-11H,23-24H2. The fraction of sp³-hybridized carbons (Fsp3) is 0. The highest BCUT2D eigenvalue weighted by atomic mass is 19.1. The summed E-state index contributed by atoms with van der Waals surface area (Å²) in [4.78, 5) is 13.1. The van der Waals surface area contributed by atoms with E-state index in [1.54, 1.807) is 24.3 Å². The molecule has 0 aliphatic carbocycles. The summed E-state index contributed by atoms with van der Waals surface area (Å²) in [6.07, 6.45) is 0. The monoisotopic (exact) mass is 362 g/mol. The lowest BCUT2D eigenvalue weighted by atomic mass is 10.1. The van der Waals surface area contributed by atoms with Crippen LogP contribution in [0.2, 0.25) is 0 Å². The number of anilines is 2. The fourth-order valence-electron chi connectivity index (χ4n) is 2.77. The topological polar surface area (TPSA) is 91.5 Å². The molecule has 0 saturated heterocycles. The van der Waals surface area contributed by atoms with Crippen LogP contribution in [0.5, 0.6) is 11.5 Å². The lowest BCUT2D eigenvalue weighted by molar-refractivity contribution is 0.460. The molecule has 4 N–H and O–H groups in total. The van der Waals surface area contributed by atoms with Crippen molar-refractivity contribution in [3.63, 3.8) is 0 Å². The molecule has 0 amide bonds. The van der Waals surface area contributed by atoms with Gasteiger partial charge in [0, 0.05) is 17.3 Å². The van der Waals surface area contributed by atoms with Crippen LogP contribution in [-0.2, 0) is 0 Å². The van der Waals surface area contributed by atoms with Crippen LogP contribution < -0.4 is 21.6 Å². The Labute approximate surface area is 153 Å². The number of rotatable bonds is 3. The first-order chi connectivity index (χ1) is 13.0. The number of fused-ring (bicyclic) bond motifs is 1. The Kier molecular flexibility index (Phi) is 4.01. The zero-order valence-electron chi connectivity index (χ0n) is 14.1. The summed E-state index contributed by atoms with van der Waals surface area (Å²) in [5, 5.41) is 0.0761. The molecule has 0 fully saturated rings. The summed E-state index contributed by atoms with van der Waals surface area (Å²) in [7, 11) is 0. The Hall–Kier alpha value is -3.80. The van der Waals surface area contributed by atoms with Crippen molar-refractivity contribution in [3.8, 4) is 22.8 Å². The van der Waals surface area contributed by atoms with E-state index in [2.05, 4.69) is 0 Å². The molecule has 0 atom stereocenters. The van der Waals surface area contributed by atoms with Crippen LogP contribution in [0.15, 0.2) is 75.9 Å². The Morgan fingerprint density at radius 1 is 0.926 bits per heavy atom. The van der Waals surface area contributed by atoms with Crippen molar-refractivity contribution in [3.05, 3.63) is 82.8 Å². The Morgan fingerprint density at radius 3 is 2.48 bits per heavy atom. The van der Waals surface area contributed by atoms with E-state index in [1.165, 1.54) is 18.2 Å².